The van der Waals surface area contributed by atoms with Crippen molar-refractivity contribution in [2.75, 3.05) is 26.3 Å². The van der Waals surface area contributed by atoms with E-state index in [0.29, 0.717) is 49.3 Å². The van der Waals surface area contributed by atoms with Crippen LogP contribution in [-0.2, 0) is 16.1 Å². The molecule has 0 aliphatic carbocycles. The zero-order valence-electron chi connectivity index (χ0n) is 11.5. The van der Waals surface area contributed by atoms with Crippen LogP contribution < -0.4 is 0 Å². The summed E-state index contributed by atoms with van der Waals surface area (Å²) in [6.07, 6.45) is 0.569. The summed E-state index contributed by atoms with van der Waals surface area (Å²) >= 11 is 12.4. The van der Waals surface area contributed by atoms with Crippen LogP contribution >= 0.6 is 23.2 Å². The number of benzene rings is 1. The van der Waals surface area contributed by atoms with Crippen LogP contribution in [0.15, 0.2) is 18.2 Å². The number of aliphatic carboxylic acids is 1. The lowest BCUT2D eigenvalue weighted by molar-refractivity contribution is -0.157. The van der Waals surface area contributed by atoms with Crippen LogP contribution in [-0.4, -0.2) is 42.3 Å². The lowest BCUT2D eigenvalue weighted by atomic mass is 9.74. The van der Waals surface area contributed by atoms with E-state index in [1.54, 1.807) is 0 Å². The number of likely N-dealkylation sites (tertiary alicyclic amines) is 1. The first-order valence-corrected chi connectivity index (χ1v) is 7.75. The molecule has 0 saturated carbocycles. The largest absolute Gasteiger partial charge is 0.481 e. The zero-order valence-corrected chi connectivity index (χ0v) is 13.0. The minimum absolute atomic E-state index is 0.0324. The number of nitrogens with zero attached hydrogens (tertiary/aromatic N) is 1. The second-order valence-electron chi connectivity index (χ2n) is 5.85. The van der Waals surface area contributed by atoms with E-state index in [1.807, 2.05) is 18.2 Å². The molecule has 2 saturated heterocycles. The Morgan fingerprint density at radius 1 is 1.43 bits per heavy atom. The molecule has 6 heteroatoms. The monoisotopic (exact) mass is 329 g/mol. The van der Waals surface area contributed by atoms with Gasteiger partial charge in [0.2, 0.25) is 0 Å². The second kappa shape index (κ2) is 5.76. The quantitative estimate of drug-likeness (QED) is 0.926. The number of fused-ring (bicyclic) bond motifs is 1. The molecule has 2 aliphatic heterocycles. The summed E-state index contributed by atoms with van der Waals surface area (Å²) in [6.45, 7) is 2.83. The third kappa shape index (κ3) is 2.66. The van der Waals surface area contributed by atoms with Gasteiger partial charge in [-0.2, -0.15) is 0 Å². The SMILES string of the molecule is O=C(O)[C@]12CCOC[C@H]1CN(Cc1c(Cl)cccc1Cl)C2. The van der Waals surface area contributed by atoms with Gasteiger partial charge in [0, 0.05) is 47.8 Å². The van der Waals surface area contributed by atoms with Crippen molar-refractivity contribution in [3.63, 3.8) is 0 Å². The number of hydrogen-bond donors (Lipinski definition) is 1. The van der Waals surface area contributed by atoms with Crippen molar-refractivity contribution in [1.82, 2.24) is 4.90 Å². The van der Waals surface area contributed by atoms with Gasteiger partial charge in [0.05, 0.1) is 12.0 Å². The highest BCUT2D eigenvalue weighted by Crippen LogP contribution is 2.43. The van der Waals surface area contributed by atoms with Crippen molar-refractivity contribution in [3.8, 4) is 0 Å². The Kier molecular flexibility index (Phi) is 4.14. The Balaban J connectivity index is 1.81. The lowest BCUT2D eigenvalue weighted by Gasteiger charge is -2.34. The van der Waals surface area contributed by atoms with Gasteiger partial charge in [-0.05, 0) is 18.6 Å². The molecule has 1 aromatic carbocycles. The Morgan fingerprint density at radius 3 is 2.76 bits per heavy atom. The smallest absolute Gasteiger partial charge is 0.311 e. The van der Waals surface area contributed by atoms with Crippen LogP contribution in [0.2, 0.25) is 10.0 Å². The van der Waals surface area contributed by atoms with Crippen LogP contribution in [0.3, 0.4) is 0 Å². The Bertz CT molecular complexity index is 546. The summed E-state index contributed by atoms with van der Waals surface area (Å²) < 4.78 is 5.46. The van der Waals surface area contributed by atoms with Crippen molar-refractivity contribution in [1.29, 1.82) is 0 Å². The Labute approximate surface area is 133 Å². The minimum Gasteiger partial charge on any atom is -0.481 e. The molecule has 21 heavy (non-hydrogen) atoms. The maximum absolute atomic E-state index is 11.8. The maximum atomic E-state index is 11.8. The highest BCUT2D eigenvalue weighted by molar-refractivity contribution is 6.35. The molecule has 0 aromatic heterocycles. The van der Waals surface area contributed by atoms with E-state index in [2.05, 4.69) is 4.90 Å². The van der Waals surface area contributed by atoms with E-state index in [9.17, 15) is 9.90 Å². The van der Waals surface area contributed by atoms with Crippen molar-refractivity contribution in [3.05, 3.63) is 33.8 Å². The van der Waals surface area contributed by atoms with E-state index in [1.165, 1.54) is 0 Å². The topological polar surface area (TPSA) is 49.8 Å². The summed E-state index contributed by atoms with van der Waals surface area (Å²) in [5.74, 6) is -0.687. The standard InChI is InChI=1S/C15H17Cl2NO3/c16-12-2-1-3-13(17)11(12)7-18-6-10-8-21-5-4-15(10,9-18)14(19)20/h1-3,10H,4-9H2,(H,19,20)/t10-,15+/m1/s1. The molecule has 0 spiro atoms. The molecule has 1 N–H and O–H groups in total. The van der Waals surface area contributed by atoms with Gasteiger partial charge < -0.3 is 9.84 Å². The summed E-state index contributed by atoms with van der Waals surface area (Å²) in [6, 6.07) is 5.43. The molecule has 0 unspecified atom stereocenters. The summed E-state index contributed by atoms with van der Waals surface area (Å²) in [5, 5.41) is 10.9. The first-order chi connectivity index (χ1) is 10.0. The minimum atomic E-state index is -0.719. The normalized spacial score (nSPS) is 29.3. The van der Waals surface area contributed by atoms with Gasteiger partial charge in [-0.15, -0.1) is 0 Å². The van der Waals surface area contributed by atoms with Gasteiger partial charge in [0.25, 0.3) is 0 Å². The van der Waals surface area contributed by atoms with E-state index < -0.39 is 11.4 Å². The average Bonchev–Trinajstić information content (AvgIpc) is 2.82. The molecule has 2 aliphatic rings. The fraction of sp³-hybridized carbons (Fsp3) is 0.533. The third-order valence-electron chi connectivity index (χ3n) is 4.65. The molecule has 4 nitrogen and oxygen atoms in total. The predicted octanol–water partition coefficient (Wildman–Crippen LogP) is 2.92. The molecule has 3 rings (SSSR count). The molecule has 0 bridgehead atoms. The number of ether oxygens (including phenoxy) is 1. The molecule has 2 heterocycles. The molecular weight excluding hydrogens is 313 g/mol. The first kappa shape index (κ1) is 15.1. The number of carboxylic acids is 1. The van der Waals surface area contributed by atoms with Gasteiger partial charge in [-0.1, -0.05) is 29.3 Å². The molecule has 1 aromatic rings. The van der Waals surface area contributed by atoms with Crippen molar-refractivity contribution in [2.45, 2.75) is 13.0 Å². The molecule has 114 valence electrons. The van der Waals surface area contributed by atoms with Crippen molar-refractivity contribution >= 4 is 29.2 Å². The summed E-state index contributed by atoms with van der Waals surface area (Å²) in [5.41, 5.74) is 0.173. The van der Waals surface area contributed by atoms with Crippen LogP contribution in [0.25, 0.3) is 0 Å². The fourth-order valence-corrected chi connectivity index (χ4v) is 3.95. The molecule has 2 fully saturated rings. The number of carbonyl (C=O) groups is 1. The van der Waals surface area contributed by atoms with E-state index in [4.69, 9.17) is 27.9 Å². The molecule has 2 atom stereocenters. The van der Waals surface area contributed by atoms with Crippen molar-refractivity contribution in [2.24, 2.45) is 11.3 Å². The van der Waals surface area contributed by atoms with Gasteiger partial charge in [0.1, 0.15) is 0 Å². The number of hydrogen-bond acceptors (Lipinski definition) is 3. The zero-order chi connectivity index (χ0) is 15.0. The number of halogens is 2. The van der Waals surface area contributed by atoms with Gasteiger partial charge in [0.15, 0.2) is 0 Å². The summed E-state index contributed by atoms with van der Waals surface area (Å²) in [7, 11) is 0. The van der Waals surface area contributed by atoms with Gasteiger partial charge in [-0.25, -0.2) is 0 Å². The number of carboxylic acid groups (broad SMARTS) is 1. The molecular formula is C15H17Cl2NO3. The number of rotatable bonds is 3. The fourth-order valence-electron chi connectivity index (χ4n) is 3.43. The second-order valence-corrected chi connectivity index (χ2v) is 6.67. The average molecular weight is 330 g/mol. The van der Waals surface area contributed by atoms with Gasteiger partial charge >= 0.3 is 5.97 Å². The van der Waals surface area contributed by atoms with E-state index in [0.717, 1.165) is 5.56 Å². The first-order valence-electron chi connectivity index (χ1n) is 6.99. The van der Waals surface area contributed by atoms with E-state index >= 15 is 0 Å². The Hall–Kier alpha value is -0.810. The Morgan fingerprint density at radius 2 is 2.14 bits per heavy atom. The highest BCUT2D eigenvalue weighted by Gasteiger charge is 2.53. The molecule has 0 amide bonds. The van der Waals surface area contributed by atoms with Crippen LogP contribution in [0.5, 0.6) is 0 Å². The van der Waals surface area contributed by atoms with Crippen LogP contribution in [0.1, 0.15) is 12.0 Å². The van der Waals surface area contributed by atoms with E-state index in [-0.39, 0.29) is 5.92 Å². The molecule has 0 radical (unpaired) electrons. The highest BCUT2D eigenvalue weighted by atomic mass is 35.5. The van der Waals surface area contributed by atoms with Crippen molar-refractivity contribution < 1.29 is 14.6 Å². The van der Waals surface area contributed by atoms with Crippen LogP contribution in [0, 0.1) is 11.3 Å². The maximum Gasteiger partial charge on any atom is 0.311 e. The third-order valence-corrected chi connectivity index (χ3v) is 5.35. The summed E-state index contributed by atoms with van der Waals surface area (Å²) in [4.78, 5) is 13.9. The van der Waals surface area contributed by atoms with Gasteiger partial charge in [-0.3, -0.25) is 9.69 Å². The predicted molar refractivity (Wildman–Crippen MR) is 80.7 cm³/mol. The van der Waals surface area contributed by atoms with Crippen LogP contribution in [0.4, 0.5) is 0 Å². The lowest BCUT2D eigenvalue weighted by Crippen LogP contribution is -2.44.